The van der Waals surface area contributed by atoms with Gasteiger partial charge in [0.15, 0.2) is 0 Å². The summed E-state index contributed by atoms with van der Waals surface area (Å²) in [5.41, 5.74) is 0.644. The summed E-state index contributed by atoms with van der Waals surface area (Å²) < 4.78 is 5.07. The van der Waals surface area contributed by atoms with E-state index in [9.17, 15) is 9.59 Å². The van der Waals surface area contributed by atoms with Crippen molar-refractivity contribution in [1.29, 1.82) is 0 Å². The molecule has 1 aromatic rings. The first-order valence-electron chi connectivity index (χ1n) is 6.61. The number of likely N-dealkylation sites (tertiary alicyclic amines) is 1. The number of hydrogen-bond acceptors (Lipinski definition) is 3. The third-order valence-corrected chi connectivity index (χ3v) is 3.64. The molecule has 0 aromatic heterocycles. The van der Waals surface area contributed by atoms with Gasteiger partial charge < -0.3 is 9.64 Å². The second-order valence-corrected chi connectivity index (χ2v) is 4.80. The number of ketones is 1. The van der Waals surface area contributed by atoms with E-state index in [2.05, 4.69) is 0 Å². The molecule has 2 rings (SSSR count). The van der Waals surface area contributed by atoms with Gasteiger partial charge in [0, 0.05) is 31.0 Å². The molecule has 1 aromatic carbocycles. The van der Waals surface area contributed by atoms with Gasteiger partial charge >= 0.3 is 0 Å². The molecule has 4 heteroatoms. The van der Waals surface area contributed by atoms with E-state index in [1.54, 1.807) is 36.3 Å². The van der Waals surface area contributed by atoms with Crippen LogP contribution in [-0.2, 0) is 4.79 Å². The lowest BCUT2D eigenvalue weighted by molar-refractivity contribution is -0.125. The van der Waals surface area contributed by atoms with Crippen molar-refractivity contribution in [2.24, 2.45) is 5.92 Å². The van der Waals surface area contributed by atoms with Gasteiger partial charge in [0.25, 0.3) is 5.91 Å². The maximum Gasteiger partial charge on any atom is 0.253 e. The summed E-state index contributed by atoms with van der Waals surface area (Å²) in [5, 5.41) is 0. The minimum atomic E-state index is -0.00592. The van der Waals surface area contributed by atoms with Crippen LogP contribution in [0.5, 0.6) is 5.75 Å². The van der Waals surface area contributed by atoms with Gasteiger partial charge in [-0.3, -0.25) is 9.59 Å². The maximum atomic E-state index is 12.3. The lowest BCUT2D eigenvalue weighted by Crippen LogP contribution is -2.43. The molecule has 1 amide bonds. The van der Waals surface area contributed by atoms with Crippen LogP contribution in [0.2, 0.25) is 0 Å². The number of rotatable bonds is 3. The summed E-state index contributed by atoms with van der Waals surface area (Å²) in [6, 6.07) is 7.08. The fraction of sp³-hybridized carbons (Fsp3) is 0.467. The van der Waals surface area contributed by atoms with Crippen LogP contribution < -0.4 is 4.74 Å². The highest BCUT2D eigenvalue weighted by atomic mass is 16.5. The molecule has 0 bridgehead atoms. The zero-order valence-electron chi connectivity index (χ0n) is 11.4. The Labute approximate surface area is 113 Å². The van der Waals surface area contributed by atoms with Crippen LogP contribution in [0, 0.1) is 5.92 Å². The smallest absolute Gasteiger partial charge is 0.253 e. The summed E-state index contributed by atoms with van der Waals surface area (Å²) in [6.07, 6.45) is 1.27. The predicted octanol–water partition coefficient (Wildman–Crippen LogP) is 2.14. The molecule has 0 aliphatic carbocycles. The average Bonchev–Trinajstić information content (AvgIpc) is 2.47. The van der Waals surface area contributed by atoms with Gasteiger partial charge in [-0.05, 0) is 30.7 Å². The Morgan fingerprint density at radius 2 is 2.05 bits per heavy atom. The minimum absolute atomic E-state index is 0.00375. The van der Waals surface area contributed by atoms with Crippen LogP contribution in [0.4, 0.5) is 0 Å². The molecule has 1 fully saturated rings. The second-order valence-electron chi connectivity index (χ2n) is 4.80. The van der Waals surface area contributed by atoms with Crippen LogP contribution in [0.15, 0.2) is 24.3 Å². The molecule has 19 heavy (non-hydrogen) atoms. The molecule has 1 atom stereocenters. The number of ether oxygens (including phenoxy) is 1. The van der Waals surface area contributed by atoms with Gasteiger partial charge in [0.2, 0.25) is 0 Å². The fourth-order valence-electron chi connectivity index (χ4n) is 2.37. The zero-order valence-corrected chi connectivity index (χ0v) is 11.4. The molecule has 4 nitrogen and oxygen atoms in total. The standard InChI is InChI=1S/C15H19NO3/c1-3-11-10-16(9-8-14(11)17)15(18)12-4-6-13(19-2)7-5-12/h4-7,11H,3,8-10H2,1-2H3. The average molecular weight is 261 g/mol. The fourth-order valence-corrected chi connectivity index (χ4v) is 2.37. The van der Waals surface area contributed by atoms with E-state index in [0.717, 1.165) is 12.2 Å². The summed E-state index contributed by atoms with van der Waals surface area (Å²) in [6.45, 7) is 3.06. The second kappa shape index (κ2) is 5.87. The number of Topliss-reactive ketones (excluding diaryl/α,β-unsaturated/α-hetero) is 1. The van der Waals surface area contributed by atoms with Gasteiger partial charge in [-0.15, -0.1) is 0 Å². The molecule has 0 radical (unpaired) electrons. The summed E-state index contributed by atoms with van der Waals surface area (Å²) in [5.74, 6) is 1.00. The van der Waals surface area contributed by atoms with Crippen LogP contribution in [0.1, 0.15) is 30.1 Å². The predicted molar refractivity (Wildman–Crippen MR) is 72.3 cm³/mol. The molecule has 1 aliphatic rings. The normalized spacial score (nSPS) is 19.4. The Morgan fingerprint density at radius 3 is 2.63 bits per heavy atom. The Kier molecular flexibility index (Phi) is 4.20. The summed E-state index contributed by atoms with van der Waals surface area (Å²) >= 11 is 0. The molecular weight excluding hydrogens is 242 g/mol. The topological polar surface area (TPSA) is 46.6 Å². The van der Waals surface area contributed by atoms with Crippen molar-refractivity contribution in [2.75, 3.05) is 20.2 Å². The highest BCUT2D eigenvalue weighted by Crippen LogP contribution is 2.19. The van der Waals surface area contributed by atoms with Gasteiger partial charge in [-0.25, -0.2) is 0 Å². The van der Waals surface area contributed by atoms with Crippen LogP contribution in [-0.4, -0.2) is 36.8 Å². The monoisotopic (exact) mass is 261 g/mol. The van der Waals surface area contributed by atoms with Crippen molar-refractivity contribution < 1.29 is 14.3 Å². The van der Waals surface area contributed by atoms with Crippen molar-refractivity contribution in [1.82, 2.24) is 4.90 Å². The molecule has 102 valence electrons. The van der Waals surface area contributed by atoms with Crippen LogP contribution in [0.25, 0.3) is 0 Å². The largest absolute Gasteiger partial charge is 0.497 e. The molecule has 1 unspecified atom stereocenters. The van der Waals surface area contributed by atoms with Gasteiger partial charge in [-0.2, -0.15) is 0 Å². The highest BCUT2D eigenvalue weighted by molar-refractivity contribution is 5.95. The Balaban J connectivity index is 2.08. The Bertz CT molecular complexity index is 467. The van der Waals surface area contributed by atoms with Crippen molar-refractivity contribution in [2.45, 2.75) is 19.8 Å². The number of carbonyl (C=O) groups excluding carboxylic acids is 2. The minimum Gasteiger partial charge on any atom is -0.497 e. The highest BCUT2D eigenvalue weighted by Gasteiger charge is 2.28. The number of nitrogens with zero attached hydrogens (tertiary/aromatic N) is 1. The lowest BCUT2D eigenvalue weighted by atomic mass is 9.93. The van der Waals surface area contributed by atoms with Crippen LogP contribution >= 0.6 is 0 Å². The van der Waals surface area contributed by atoms with E-state index in [1.807, 2.05) is 6.92 Å². The summed E-state index contributed by atoms with van der Waals surface area (Å²) in [4.78, 5) is 25.8. The first-order chi connectivity index (χ1) is 9.15. The SMILES string of the molecule is CCC1CN(C(=O)c2ccc(OC)cc2)CCC1=O. The van der Waals surface area contributed by atoms with Crippen LogP contribution in [0.3, 0.4) is 0 Å². The first-order valence-corrected chi connectivity index (χ1v) is 6.61. The first kappa shape index (κ1) is 13.6. The maximum absolute atomic E-state index is 12.3. The third-order valence-electron chi connectivity index (χ3n) is 3.64. The van der Waals surface area contributed by atoms with Gasteiger partial charge in [0.05, 0.1) is 7.11 Å². The quantitative estimate of drug-likeness (QED) is 0.837. The molecular formula is C15H19NO3. The number of amides is 1. The van der Waals surface area contributed by atoms with E-state index in [-0.39, 0.29) is 17.6 Å². The Hall–Kier alpha value is -1.84. The van der Waals surface area contributed by atoms with E-state index < -0.39 is 0 Å². The number of carbonyl (C=O) groups is 2. The van der Waals surface area contributed by atoms with Gasteiger partial charge in [0.1, 0.15) is 11.5 Å². The molecule has 0 saturated carbocycles. The van der Waals surface area contributed by atoms with Gasteiger partial charge in [-0.1, -0.05) is 6.92 Å². The van der Waals surface area contributed by atoms with E-state index in [4.69, 9.17) is 4.74 Å². The Morgan fingerprint density at radius 1 is 1.37 bits per heavy atom. The van der Waals surface area contributed by atoms with Crippen molar-refractivity contribution in [3.8, 4) is 5.75 Å². The van der Waals surface area contributed by atoms with Crippen molar-refractivity contribution in [3.05, 3.63) is 29.8 Å². The number of methoxy groups -OCH3 is 1. The number of hydrogen-bond donors (Lipinski definition) is 0. The molecule has 0 N–H and O–H groups in total. The van der Waals surface area contributed by atoms with E-state index in [0.29, 0.717) is 25.1 Å². The summed E-state index contributed by atoms with van der Waals surface area (Å²) in [7, 11) is 1.60. The zero-order chi connectivity index (χ0) is 13.8. The van der Waals surface area contributed by atoms with Crippen molar-refractivity contribution in [3.63, 3.8) is 0 Å². The lowest BCUT2D eigenvalue weighted by Gasteiger charge is -2.31. The van der Waals surface area contributed by atoms with Crippen molar-refractivity contribution >= 4 is 11.7 Å². The number of piperidine rings is 1. The van der Waals surface area contributed by atoms with E-state index in [1.165, 1.54) is 0 Å². The molecule has 0 spiro atoms. The third kappa shape index (κ3) is 2.95. The molecule has 1 heterocycles. The molecule has 1 aliphatic heterocycles. The van der Waals surface area contributed by atoms with E-state index >= 15 is 0 Å². The number of benzene rings is 1. The molecule has 1 saturated heterocycles.